The number of aryl methyl sites for hydroxylation is 2. The van der Waals surface area contributed by atoms with E-state index < -0.39 is 0 Å². The van der Waals surface area contributed by atoms with Crippen LogP contribution in [0.5, 0.6) is 11.5 Å². The van der Waals surface area contributed by atoms with E-state index in [0.29, 0.717) is 17.5 Å². The zero-order valence-electron chi connectivity index (χ0n) is 15.8. The number of rotatable bonds is 4. The van der Waals surface area contributed by atoms with Crippen LogP contribution < -0.4 is 20.1 Å². The summed E-state index contributed by atoms with van der Waals surface area (Å²) in [6, 6.07) is 16.3. The molecule has 0 unspecified atom stereocenters. The molecule has 0 saturated carbocycles. The minimum Gasteiger partial charge on any atom is -0.493 e. The van der Waals surface area contributed by atoms with Crippen molar-refractivity contribution in [1.29, 1.82) is 0 Å². The summed E-state index contributed by atoms with van der Waals surface area (Å²) in [5.41, 5.74) is 10.9. The molecule has 0 spiro atoms. The zero-order chi connectivity index (χ0) is 19.0. The van der Waals surface area contributed by atoms with Gasteiger partial charge in [-0.3, -0.25) is 0 Å². The maximum Gasteiger partial charge on any atom is 0.200 e. The van der Waals surface area contributed by atoms with E-state index in [1.807, 2.05) is 30.1 Å². The number of aliphatic imine (C=N–C) groups is 1. The van der Waals surface area contributed by atoms with Gasteiger partial charge in [0.25, 0.3) is 0 Å². The van der Waals surface area contributed by atoms with Gasteiger partial charge in [-0.2, -0.15) is 0 Å². The normalized spacial score (nSPS) is 13.1. The van der Waals surface area contributed by atoms with Gasteiger partial charge in [0.1, 0.15) is 0 Å². The number of ether oxygens (including phenoxy) is 2. The van der Waals surface area contributed by atoms with Crippen LogP contribution in [0.3, 0.4) is 0 Å². The van der Waals surface area contributed by atoms with Crippen LogP contribution in [-0.2, 0) is 12.8 Å². The topological polar surface area (TPSA) is 60.1 Å². The molecule has 0 amide bonds. The quantitative estimate of drug-likeness (QED) is 0.563. The molecule has 4 rings (SSSR count). The third kappa shape index (κ3) is 2.95. The molecule has 5 heteroatoms. The van der Waals surface area contributed by atoms with Crippen molar-refractivity contribution in [3.05, 3.63) is 59.7 Å². The van der Waals surface area contributed by atoms with Crippen molar-refractivity contribution in [1.82, 2.24) is 0 Å². The van der Waals surface area contributed by atoms with Crippen LogP contribution in [0, 0.1) is 0 Å². The molecule has 1 aliphatic rings. The van der Waals surface area contributed by atoms with Crippen LogP contribution in [0.4, 0.5) is 11.4 Å². The maximum absolute atomic E-state index is 6.33. The van der Waals surface area contributed by atoms with Crippen LogP contribution in [-0.4, -0.2) is 27.2 Å². The highest BCUT2D eigenvalue weighted by molar-refractivity contribution is 6.02. The van der Waals surface area contributed by atoms with Crippen molar-refractivity contribution < 1.29 is 9.47 Å². The number of hydrogen-bond acceptors (Lipinski definition) is 3. The molecule has 0 saturated heterocycles. The molecule has 0 aromatic heterocycles. The van der Waals surface area contributed by atoms with E-state index in [-0.39, 0.29) is 0 Å². The molecule has 1 aliphatic carbocycles. The van der Waals surface area contributed by atoms with E-state index in [4.69, 9.17) is 15.2 Å². The summed E-state index contributed by atoms with van der Waals surface area (Å²) in [7, 11) is 5.17. The lowest BCUT2D eigenvalue weighted by atomic mass is 10.0. The molecule has 0 bridgehead atoms. The molecule has 2 N–H and O–H groups in total. The summed E-state index contributed by atoms with van der Waals surface area (Å²) >= 11 is 0. The predicted molar refractivity (Wildman–Crippen MR) is 111 cm³/mol. The maximum atomic E-state index is 6.33. The number of guanidine groups is 1. The molecule has 27 heavy (non-hydrogen) atoms. The molecular formula is C22H23N3O2. The van der Waals surface area contributed by atoms with Gasteiger partial charge >= 0.3 is 0 Å². The van der Waals surface area contributed by atoms with E-state index in [9.17, 15) is 0 Å². The van der Waals surface area contributed by atoms with Crippen molar-refractivity contribution in [3.63, 3.8) is 0 Å². The van der Waals surface area contributed by atoms with E-state index >= 15 is 0 Å². The Morgan fingerprint density at radius 2 is 1.81 bits per heavy atom. The smallest absolute Gasteiger partial charge is 0.200 e. The summed E-state index contributed by atoms with van der Waals surface area (Å²) < 4.78 is 10.6. The summed E-state index contributed by atoms with van der Waals surface area (Å²) in [6.45, 7) is 0. The zero-order valence-corrected chi connectivity index (χ0v) is 15.8. The lowest BCUT2D eigenvalue weighted by Crippen LogP contribution is -2.34. The molecule has 0 heterocycles. The molecule has 0 aliphatic heterocycles. The molecular weight excluding hydrogens is 338 g/mol. The number of methoxy groups -OCH3 is 2. The second-order valence-corrected chi connectivity index (χ2v) is 6.65. The van der Waals surface area contributed by atoms with Gasteiger partial charge in [-0.25, -0.2) is 4.99 Å². The standard InChI is InChI=1S/C22H23N3O2/c1-25(22(23)24-16-9-12-19(26-2)20(13-16)27-3)18-11-8-15-6-4-5-14-7-10-17(18)21(14)15/h4-6,8-9,11-13H,7,10H2,1-3H3,(H2,23,24). The molecule has 5 nitrogen and oxygen atoms in total. The highest BCUT2D eigenvalue weighted by atomic mass is 16.5. The van der Waals surface area contributed by atoms with Gasteiger partial charge in [0, 0.05) is 18.8 Å². The van der Waals surface area contributed by atoms with E-state index in [1.54, 1.807) is 14.2 Å². The van der Waals surface area contributed by atoms with Gasteiger partial charge in [-0.1, -0.05) is 24.3 Å². The number of benzene rings is 3. The highest BCUT2D eigenvalue weighted by Gasteiger charge is 2.20. The van der Waals surface area contributed by atoms with Gasteiger partial charge in [0.15, 0.2) is 11.5 Å². The lowest BCUT2D eigenvalue weighted by Gasteiger charge is -2.21. The van der Waals surface area contributed by atoms with Crippen molar-refractivity contribution in [2.45, 2.75) is 12.8 Å². The van der Waals surface area contributed by atoms with Crippen molar-refractivity contribution in [2.75, 3.05) is 26.2 Å². The van der Waals surface area contributed by atoms with Crippen LogP contribution in [0.25, 0.3) is 10.8 Å². The number of nitrogens with two attached hydrogens (primary N) is 1. The third-order valence-corrected chi connectivity index (χ3v) is 5.17. The first kappa shape index (κ1) is 17.2. The average Bonchev–Trinajstić information content (AvgIpc) is 3.13. The molecule has 0 radical (unpaired) electrons. The summed E-state index contributed by atoms with van der Waals surface area (Å²) in [6.07, 6.45) is 2.10. The Morgan fingerprint density at radius 3 is 2.59 bits per heavy atom. The van der Waals surface area contributed by atoms with Gasteiger partial charge in [-0.05, 0) is 52.9 Å². The van der Waals surface area contributed by atoms with E-state index in [1.165, 1.54) is 21.9 Å². The Morgan fingerprint density at radius 1 is 1.00 bits per heavy atom. The fourth-order valence-electron chi connectivity index (χ4n) is 3.78. The third-order valence-electron chi connectivity index (χ3n) is 5.17. The number of hydrogen-bond donors (Lipinski definition) is 1. The van der Waals surface area contributed by atoms with Gasteiger partial charge in [0.05, 0.1) is 19.9 Å². The minimum atomic E-state index is 0.433. The van der Waals surface area contributed by atoms with Crippen molar-refractivity contribution >= 4 is 28.1 Å². The van der Waals surface area contributed by atoms with Crippen LogP contribution in [0.1, 0.15) is 11.1 Å². The Hall–Kier alpha value is -3.21. The van der Waals surface area contributed by atoms with Gasteiger partial charge in [0.2, 0.25) is 5.96 Å². The minimum absolute atomic E-state index is 0.433. The SMILES string of the molecule is COc1ccc(N=C(N)N(C)c2ccc3cccc4c3c2CC4)cc1OC. The monoisotopic (exact) mass is 361 g/mol. The van der Waals surface area contributed by atoms with Crippen LogP contribution in [0.2, 0.25) is 0 Å². The first-order valence-electron chi connectivity index (χ1n) is 8.95. The fourth-order valence-corrected chi connectivity index (χ4v) is 3.78. The Kier molecular flexibility index (Phi) is 4.36. The summed E-state index contributed by atoms with van der Waals surface area (Å²) in [5, 5.41) is 2.65. The summed E-state index contributed by atoms with van der Waals surface area (Å²) in [4.78, 5) is 6.53. The molecule has 138 valence electrons. The lowest BCUT2D eigenvalue weighted by molar-refractivity contribution is 0.355. The van der Waals surface area contributed by atoms with Crippen molar-refractivity contribution in [3.8, 4) is 11.5 Å². The van der Waals surface area contributed by atoms with Gasteiger partial charge < -0.3 is 20.1 Å². The molecule has 3 aromatic carbocycles. The highest BCUT2D eigenvalue weighted by Crippen LogP contribution is 2.37. The Labute approximate surface area is 159 Å². The second-order valence-electron chi connectivity index (χ2n) is 6.65. The fraction of sp³-hybridized carbons (Fsp3) is 0.227. The first-order chi connectivity index (χ1) is 13.1. The van der Waals surface area contributed by atoms with E-state index in [0.717, 1.165) is 24.2 Å². The van der Waals surface area contributed by atoms with Crippen LogP contribution >= 0.6 is 0 Å². The molecule has 0 fully saturated rings. The number of anilines is 1. The molecule has 0 atom stereocenters. The summed E-state index contributed by atoms with van der Waals surface area (Å²) in [5.74, 6) is 1.73. The largest absolute Gasteiger partial charge is 0.493 e. The molecule has 3 aromatic rings. The number of nitrogens with zero attached hydrogens (tertiary/aromatic N) is 2. The predicted octanol–water partition coefficient (Wildman–Crippen LogP) is 4.04. The second kappa shape index (κ2) is 6.83. The van der Waals surface area contributed by atoms with Crippen LogP contribution in [0.15, 0.2) is 53.5 Å². The Balaban J connectivity index is 1.70. The average molecular weight is 361 g/mol. The van der Waals surface area contributed by atoms with Gasteiger partial charge in [-0.15, -0.1) is 0 Å². The van der Waals surface area contributed by atoms with Crippen molar-refractivity contribution in [2.24, 2.45) is 10.7 Å². The first-order valence-corrected chi connectivity index (χ1v) is 8.95. The Bertz CT molecular complexity index is 1040. The van der Waals surface area contributed by atoms with E-state index in [2.05, 4.69) is 35.3 Å².